The number of ether oxygens (including phenoxy) is 1. The minimum Gasteiger partial charge on any atom is -0.497 e. The van der Waals surface area contributed by atoms with Crippen molar-refractivity contribution in [1.29, 1.82) is 0 Å². The van der Waals surface area contributed by atoms with Crippen LogP contribution >= 0.6 is 0 Å². The smallest absolute Gasteiger partial charge is 0.416 e. The van der Waals surface area contributed by atoms with Gasteiger partial charge in [0, 0.05) is 6.04 Å². The molecule has 18 heavy (non-hydrogen) atoms. The van der Waals surface area contributed by atoms with Crippen LogP contribution in [0.1, 0.15) is 30.0 Å². The molecule has 0 saturated carbocycles. The first-order chi connectivity index (χ1) is 8.40. The molecule has 1 rings (SSSR count). The molecule has 0 aliphatic rings. The summed E-state index contributed by atoms with van der Waals surface area (Å²) in [5.41, 5.74) is 5.13. The van der Waals surface area contributed by atoms with E-state index in [2.05, 4.69) is 6.58 Å². The molecule has 1 aromatic carbocycles. The molecule has 1 atom stereocenters. The zero-order valence-electron chi connectivity index (χ0n) is 10.1. The second-order valence-electron chi connectivity index (χ2n) is 3.92. The van der Waals surface area contributed by atoms with Crippen LogP contribution in [0, 0.1) is 0 Å². The summed E-state index contributed by atoms with van der Waals surface area (Å²) in [5.74, 6) is 0.169. The molecule has 0 radical (unpaired) electrons. The zero-order valence-corrected chi connectivity index (χ0v) is 10.1. The minimum absolute atomic E-state index is 0.0881. The third kappa shape index (κ3) is 3.50. The maximum absolute atomic E-state index is 12.9. The molecule has 0 saturated heterocycles. The number of nitrogens with two attached hydrogens (primary N) is 1. The van der Waals surface area contributed by atoms with Gasteiger partial charge in [0.2, 0.25) is 0 Å². The number of benzene rings is 1. The van der Waals surface area contributed by atoms with Gasteiger partial charge in [-0.2, -0.15) is 13.2 Å². The Kier molecular flexibility index (Phi) is 4.78. The highest BCUT2D eigenvalue weighted by Crippen LogP contribution is 2.37. The lowest BCUT2D eigenvalue weighted by molar-refractivity contribution is -0.138. The van der Waals surface area contributed by atoms with Crippen LogP contribution in [-0.4, -0.2) is 7.11 Å². The molecular formula is C13H16F3NO. The van der Waals surface area contributed by atoms with Crippen LogP contribution in [0.5, 0.6) is 5.75 Å². The van der Waals surface area contributed by atoms with Crippen molar-refractivity contribution >= 4 is 0 Å². The number of alkyl halides is 3. The van der Waals surface area contributed by atoms with Crippen LogP contribution < -0.4 is 10.5 Å². The van der Waals surface area contributed by atoms with Gasteiger partial charge in [-0.15, -0.1) is 6.58 Å². The number of halogens is 3. The summed E-state index contributed by atoms with van der Waals surface area (Å²) >= 11 is 0. The highest BCUT2D eigenvalue weighted by atomic mass is 19.4. The quantitative estimate of drug-likeness (QED) is 0.819. The number of hydrogen-bond acceptors (Lipinski definition) is 2. The zero-order chi connectivity index (χ0) is 13.8. The normalized spacial score (nSPS) is 13.2. The molecule has 0 bridgehead atoms. The van der Waals surface area contributed by atoms with E-state index in [1.807, 2.05) is 0 Å². The Labute approximate surface area is 104 Å². The van der Waals surface area contributed by atoms with Gasteiger partial charge in [0.05, 0.1) is 12.7 Å². The fourth-order valence-electron chi connectivity index (χ4n) is 1.68. The summed E-state index contributed by atoms with van der Waals surface area (Å²) < 4.78 is 43.6. The molecular weight excluding hydrogens is 243 g/mol. The topological polar surface area (TPSA) is 35.2 Å². The maximum Gasteiger partial charge on any atom is 0.416 e. The minimum atomic E-state index is -4.43. The number of rotatable bonds is 5. The van der Waals surface area contributed by atoms with Gasteiger partial charge in [-0.1, -0.05) is 12.1 Å². The van der Waals surface area contributed by atoms with Crippen LogP contribution in [0.2, 0.25) is 0 Å². The standard InChI is InChI=1S/C13H16F3NO/c1-3-4-5-12(17)10-7-6-9(18-2)8-11(10)13(14,15)16/h3,6-8,12H,1,4-5,17H2,2H3/t12-/m1/s1. The van der Waals surface area contributed by atoms with E-state index in [-0.39, 0.29) is 11.3 Å². The van der Waals surface area contributed by atoms with Gasteiger partial charge in [-0.05, 0) is 30.5 Å². The Hall–Kier alpha value is -1.49. The average molecular weight is 259 g/mol. The molecule has 2 nitrogen and oxygen atoms in total. The van der Waals surface area contributed by atoms with Gasteiger partial charge in [0.25, 0.3) is 0 Å². The summed E-state index contributed by atoms with van der Waals surface area (Å²) in [6.45, 7) is 3.53. The van der Waals surface area contributed by atoms with Gasteiger partial charge in [0.15, 0.2) is 0 Å². The monoisotopic (exact) mass is 259 g/mol. The maximum atomic E-state index is 12.9. The second-order valence-corrected chi connectivity index (χ2v) is 3.92. The number of hydrogen-bond donors (Lipinski definition) is 1. The van der Waals surface area contributed by atoms with Crippen LogP contribution in [0.4, 0.5) is 13.2 Å². The summed E-state index contributed by atoms with van der Waals surface area (Å²) in [4.78, 5) is 0. The van der Waals surface area contributed by atoms with Gasteiger partial charge >= 0.3 is 6.18 Å². The Morgan fingerprint density at radius 3 is 2.61 bits per heavy atom. The second kappa shape index (κ2) is 5.91. The van der Waals surface area contributed by atoms with E-state index >= 15 is 0 Å². The summed E-state index contributed by atoms with van der Waals surface area (Å²) in [7, 11) is 1.33. The Balaban J connectivity index is 3.13. The Morgan fingerprint density at radius 1 is 1.44 bits per heavy atom. The van der Waals surface area contributed by atoms with Gasteiger partial charge in [-0.3, -0.25) is 0 Å². The van der Waals surface area contributed by atoms with Crippen molar-refractivity contribution in [2.75, 3.05) is 7.11 Å². The highest BCUT2D eigenvalue weighted by molar-refractivity contribution is 5.39. The lowest BCUT2D eigenvalue weighted by Crippen LogP contribution is -2.17. The predicted molar refractivity (Wildman–Crippen MR) is 64.4 cm³/mol. The lowest BCUT2D eigenvalue weighted by atomic mass is 9.97. The van der Waals surface area contributed by atoms with Crippen molar-refractivity contribution in [2.24, 2.45) is 5.73 Å². The first kappa shape index (κ1) is 14.6. The molecule has 0 unspecified atom stereocenters. The van der Waals surface area contributed by atoms with Crippen LogP contribution in [0.15, 0.2) is 30.9 Å². The van der Waals surface area contributed by atoms with Crippen molar-refractivity contribution in [2.45, 2.75) is 25.1 Å². The first-order valence-corrected chi connectivity index (χ1v) is 5.51. The molecule has 0 fully saturated rings. The van der Waals surface area contributed by atoms with Crippen molar-refractivity contribution in [3.63, 3.8) is 0 Å². The number of methoxy groups -OCH3 is 1. The lowest BCUT2D eigenvalue weighted by Gasteiger charge is -2.18. The first-order valence-electron chi connectivity index (χ1n) is 5.51. The fourth-order valence-corrected chi connectivity index (χ4v) is 1.68. The molecule has 1 aromatic rings. The molecule has 0 spiro atoms. The summed E-state index contributed by atoms with van der Waals surface area (Å²) in [6, 6.07) is 3.17. The van der Waals surface area contributed by atoms with E-state index in [4.69, 9.17) is 10.5 Å². The van der Waals surface area contributed by atoms with E-state index in [0.717, 1.165) is 6.07 Å². The van der Waals surface area contributed by atoms with Crippen molar-refractivity contribution in [3.05, 3.63) is 42.0 Å². The average Bonchev–Trinajstić information content (AvgIpc) is 2.34. The molecule has 2 N–H and O–H groups in total. The summed E-state index contributed by atoms with van der Waals surface area (Å²) in [5, 5.41) is 0. The van der Waals surface area contributed by atoms with Gasteiger partial charge in [-0.25, -0.2) is 0 Å². The van der Waals surface area contributed by atoms with Gasteiger partial charge < -0.3 is 10.5 Å². The van der Waals surface area contributed by atoms with Crippen molar-refractivity contribution in [1.82, 2.24) is 0 Å². The van der Waals surface area contributed by atoms with E-state index in [9.17, 15) is 13.2 Å². The number of allylic oxidation sites excluding steroid dienone is 1. The third-order valence-electron chi connectivity index (χ3n) is 2.65. The largest absolute Gasteiger partial charge is 0.497 e. The molecule has 0 aliphatic carbocycles. The molecule has 0 amide bonds. The molecule has 100 valence electrons. The summed E-state index contributed by atoms with van der Waals surface area (Å²) in [6.07, 6.45) is -1.80. The fraction of sp³-hybridized carbons (Fsp3) is 0.385. The molecule has 0 aliphatic heterocycles. The van der Waals surface area contributed by atoms with E-state index in [1.54, 1.807) is 6.08 Å². The third-order valence-corrected chi connectivity index (χ3v) is 2.65. The van der Waals surface area contributed by atoms with Crippen molar-refractivity contribution in [3.8, 4) is 5.75 Å². The SMILES string of the molecule is C=CCC[C@@H](N)c1ccc(OC)cc1C(F)(F)F. The molecule has 5 heteroatoms. The predicted octanol–water partition coefficient (Wildman–Crippen LogP) is 3.68. The van der Waals surface area contributed by atoms with Crippen LogP contribution in [0.25, 0.3) is 0 Å². The van der Waals surface area contributed by atoms with Gasteiger partial charge in [0.1, 0.15) is 5.75 Å². The van der Waals surface area contributed by atoms with Crippen LogP contribution in [0.3, 0.4) is 0 Å². The van der Waals surface area contributed by atoms with Crippen molar-refractivity contribution < 1.29 is 17.9 Å². The molecule has 0 aromatic heterocycles. The molecule has 0 heterocycles. The van der Waals surface area contributed by atoms with Crippen LogP contribution in [-0.2, 0) is 6.18 Å². The van der Waals surface area contributed by atoms with E-state index in [0.29, 0.717) is 12.8 Å². The highest BCUT2D eigenvalue weighted by Gasteiger charge is 2.35. The Bertz CT molecular complexity index is 415. The Morgan fingerprint density at radius 2 is 2.11 bits per heavy atom. The van der Waals surface area contributed by atoms with E-state index in [1.165, 1.54) is 19.2 Å². The van der Waals surface area contributed by atoms with E-state index < -0.39 is 17.8 Å².